The maximum absolute atomic E-state index is 14.2. The highest BCUT2D eigenvalue weighted by Crippen LogP contribution is 2.35. The Labute approximate surface area is 201 Å². The van der Waals surface area contributed by atoms with Crippen molar-refractivity contribution in [3.8, 4) is 17.3 Å². The van der Waals surface area contributed by atoms with Crippen LogP contribution in [-0.2, 0) is 4.74 Å². The summed E-state index contributed by atoms with van der Waals surface area (Å²) < 4.78 is 54.8. The minimum absolute atomic E-state index is 0.0420. The molecule has 2 aliphatic rings. The lowest BCUT2D eigenvalue weighted by Gasteiger charge is -2.28. The van der Waals surface area contributed by atoms with Crippen LogP contribution >= 0.6 is 0 Å². The van der Waals surface area contributed by atoms with Gasteiger partial charge in [0.05, 0.1) is 55.1 Å². The zero-order chi connectivity index (χ0) is 25.1. The number of hydrogen-bond donors (Lipinski definition) is 0. The summed E-state index contributed by atoms with van der Waals surface area (Å²) in [4.78, 5) is 37.6. The van der Waals surface area contributed by atoms with Crippen LogP contribution in [0.25, 0.3) is 22.3 Å². The zero-order valence-electron chi connectivity index (χ0n) is 18.8. The molecule has 5 heterocycles. The molecule has 2 atom stereocenters. The van der Waals surface area contributed by atoms with Crippen LogP contribution < -0.4 is 20.9 Å². The molecule has 2 bridgehead atoms. The number of pyridine rings is 2. The van der Waals surface area contributed by atoms with Crippen LogP contribution in [0.4, 0.5) is 19.0 Å². The van der Waals surface area contributed by atoms with E-state index in [4.69, 9.17) is 9.47 Å². The normalized spacial score (nSPS) is 18.8. The van der Waals surface area contributed by atoms with Gasteiger partial charge in [0.1, 0.15) is 17.0 Å². The SMILES string of the molecule is COc1nc(N2C[C@@H]3C[C@H]2CO3)cc2c1c(=O)n(-c1cncc(F)c1)c(=O)n2-c1ccc(F)c(F)c1. The fourth-order valence-electron chi connectivity index (χ4n) is 4.87. The fraction of sp³-hybridized carbons (Fsp3) is 0.250. The first-order valence-corrected chi connectivity index (χ1v) is 11.1. The van der Waals surface area contributed by atoms with Crippen molar-refractivity contribution >= 4 is 16.7 Å². The number of ether oxygens (including phenoxy) is 2. The Morgan fingerprint density at radius 2 is 1.86 bits per heavy atom. The highest BCUT2D eigenvalue weighted by molar-refractivity contribution is 5.87. The van der Waals surface area contributed by atoms with Crippen LogP contribution in [0, 0.1) is 17.5 Å². The van der Waals surface area contributed by atoms with E-state index in [1.165, 1.54) is 19.2 Å². The van der Waals surface area contributed by atoms with Crippen molar-refractivity contribution in [2.45, 2.75) is 18.6 Å². The lowest BCUT2D eigenvalue weighted by Crippen LogP contribution is -2.40. The van der Waals surface area contributed by atoms with E-state index in [1.54, 1.807) is 0 Å². The van der Waals surface area contributed by atoms with Gasteiger partial charge in [-0.2, -0.15) is 4.98 Å². The van der Waals surface area contributed by atoms with Gasteiger partial charge < -0.3 is 14.4 Å². The number of halogens is 3. The Morgan fingerprint density at radius 3 is 2.53 bits per heavy atom. The Balaban J connectivity index is 1.72. The third-order valence-corrected chi connectivity index (χ3v) is 6.49. The second-order valence-corrected chi connectivity index (χ2v) is 8.60. The monoisotopic (exact) mass is 497 g/mol. The molecule has 36 heavy (non-hydrogen) atoms. The third-order valence-electron chi connectivity index (χ3n) is 6.49. The summed E-state index contributed by atoms with van der Waals surface area (Å²) in [7, 11) is 1.32. The van der Waals surface area contributed by atoms with Gasteiger partial charge in [-0.3, -0.25) is 14.3 Å². The van der Waals surface area contributed by atoms with E-state index in [1.807, 2.05) is 4.90 Å². The van der Waals surface area contributed by atoms with Crippen molar-refractivity contribution in [1.29, 1.82) is 0 Å². The maximum atomic E-state index is 14.2. The van der Waals surface area contributed by atoms with Gasteiger partial charge in [0, 0.05) is 24.7 Å². The summed E-state index contributed by atoms with van der Waals surface area (Å²) >= 11 is 0. The summed E-state index contributed by atoms with van der Waals surface area (Å²) in [5.74, 6) is -2.70. The molecule has 0 amide bonds. The van der Waals surface area contributed by atoms with Crippen molar-refractivity contribution in [1.82, 2.24) is 19.1 Å². The van der Waals surface area contributed by atoms with Gasteiger partial charge in [-0.05, 0) is 18.6 Å². The molecule has 4 aromatic rings. The predicted octanol–water partition coefficient (Wildman–Crippen LogP) is 2.33. The van der Waals surface area contributed by atoms with Gasteiger partial charge in [-0.25, -0.2) is 22.5 Å². The number of anilines is 1. The van der Waals surface area contributed by atoms with Crippen LogP contribution in [-0.4, -0.2) is 51.5 Å². The molecule has 0 unspecified atom stereocenters. The Kier molecular flexibility index (Phi) is 5.07. The summed E-state index contributed by atoms with van der Waals surface area (Å²) in [6.45, 7) is 1.07. The summed E-state index contributed by atoms with van der Waals surface area (Å²) in [5.41, 5.74) is -1.89. The van der Waals surface area contributed by atoms with E-state index in [2.05, 4.69) is 9.97 Å². The molecule has 184 valence electrons. The largest absolute Gasteiger partial charge is 0.480 e. The average Bonchev–Trinajstić information content (AvgIpc) is 3.49. The lowest BCUT2D eigenvalue weighted by atomic mass is 10.2. The number of methoxy groups -OCH3 is 1. The Bertz CT molecular complexity index is 1650. The molecule has 0 spiro atoms. The molecule has 0 radical (unpaired) electrons. The number of rotatable bonds is 4. The van der Waals surface area contributed by atoms with Gasteiger partial charge in [0.25, 0.3) is 5.56 Å². The Morgan fingerprint density at radius 1 is 1.03 bits per heavy atom. The summed E-state index contributed by atoms with van der Waals surface area (Å²) in [5, 5.41) is -0.101. The highest BCUT2D eigenvalue weighted by Gasteiger charge is 2.40. The molecule has 2 fully saturated rings. The lowest BCUT2D eigenvalue weighted by molar-refractivity contribution is 0.0988. The minimum Gasteiger partial charge on any atom is -0.480 e. The van der Waals surface area contributed by atoms with Crippen LogP contribution in [0.3, 0.4) is 0 Å². The first kappa shape index (κ1) is 22.3. The van der Waals surface area contributed by atoms with Crippen molar-refractivity contribution in [3.63, 3.8) is 0 Å². The molecule has 3 aromatic heterocycles. The van der Waals surface area contributed by atoms with Crippen molar-refractivity contribution < 1.29 is 22.6 Å². The summed E-state index contributed by atoms with van der Waals surface area (Å²) in [6, 6.07) is 5.48. The molecule has 0 aliphatic carbocycles. The zero-order valence-corrected chi connectivity index (χ0v) is 18.8. The van der Waals surface area contributed by atoms with Crippen LogP contribution in [0.15, 0.2) is 52.3 Å². The number of benzene rings is 1. The van der Waals surface area contributed by atoms with Crippen molar-refractivity contribution in [2.75, 3.05) is 25.2 Å². The van der Waals surface area contributed by atoms with Crippen molar-refractivity contribution in [2.24, 2.45) is 0 Å². The van der Waals surface area contributed by atoms with Gasteiger partial charge >= 0.3 is 5.69 Å². The number of aromatic nitrogens is 4. The summed E-state index contributed by atoms with van der Waals surface area (Å²) in [6.07, 6.45) is 2.92. The van der Waals surface area contributed by atoms with Gasteiger partial charge in [-0.1, -0.05) is 0 Å². The first-order chi connectivity index (χ1) is 17.4. The topological polar surface area (TPSA) is 91.5 Å². The smallest absolute Gasteiger partial charge is 0.340 e. The van der Waals surface area contributed by atoms with E-state index < -0.39 is 28.7 Å². The standard InChI is InChI=1S/C24H18F3N5O4/c1-35-22-21-19(7-20(29-22)30-10-16-5-15(30)11-36-16)31(13-2-3-17(26)18(27)6-13)24(34)32(23(21)33)14-4-12(25)8-28-9-14/h2-4,6-9,15-16H,5,10-11H2,1H3/t15-,16-/m0/s1. The van der Waals surface area contributed by atoms with Crippen LogP contribution in [0.1, 0.15) is 6.42 Å². The predicted molar refractivity (Wildman–Crippen MR) is 123 cm³/mol. The number of morpholine rings is 1. The molecule has 1 aromatic carbocycles. The van der Waals surface area contributed by atoms with Gasteiger partial charge in [0.2, 0.25) is 5.88 Å². The van der Waals surface area contributed by atoms with Crippen molar-refractivity contribution in [3.05, 3.63) is 81.0 Å². The minimum atomic E-state index is -1.19. The Hall–Kier alpha value is -4.19. The second-order valence-electron chi connectivity index (χ2n) is 8.60. The third kappa shape index (κ3) is 3.36. The molecule has 2 saturated heterocycles. The molecule has 6 rings (SSSR count). The van der Waals surface area contributed by atoms with Crippen LogP contribution in [0.2, 0.25) is 0 Å². The molecule has 0 saturated carbocycles. The molecule has 9 nitrogen and oxygen atoms in total. The van der Waals surface area contributed by atoms with Gasteiger partial charge in [-0.15, -0.1) is 0 Å². The number of hydrogen-bond acceptors (Lipinski definition) is 7. The first-order valence-electron chi connectivity index (χ1n) is 11.1. The van der Waals surface area contributed by atoms with Gasteiger partial charge in [0.15, 0.2) is 11.6 Å². The fourth-order valence-corrected chi connectivity index (χ4v) is 4.87. The number of nitrogens with zero attached hydrogens (tertiary/aromatic N) is 5. The van der Waals surface area contributed by atoms with E-state index >= 15 is 0 Å². The van der Waals surface area contributed by atoms with E-state index in [0.29, 0.717) is 23.5 Å². The highest BCUT2D eigenvalue weighted by atomic mass is 19.2. The van der Waals surface area contributed by atoms with Crippen LogP contribution in [0.5, 0.6) is 5.88 Å². The van der Waals surface area contributed by atoms with E-state index in [9.17, 15) is 22.8 Å². The maximum Gasteiger partial charge on any atom is 0.340 e. The second kappa shape index (κ2) is 8.19. The molecule has 12 heteroatoms. The molecule has 0 N–H and O–H groups in total. The number of fused-ring (bicyclic) bond motifs is 3. The molecular weight excluding hydrogens is 479 g/mol. The quantitative estimate of drug-likeness (QED) is 0.428. The average molecular weight is 497 g/mol. The molecule has 2 aliphatic heterocycles. The van der Waals surface area contributed by atoms with E-state index in [-0.39, 0.29) is 40.3 Å². The van der Waals surface area contributed by atoms with E-state index in [0.717, 1.165) is 41.6 Å². The molecular formula is C24H18F3N5O4.